The molecule has 5 rings (SSSR count). The van der Waals surface area contributed by atoms with Crippen molar-refractivity contribution in [2.24, 2.45) is 4.99 Å². The number of benzene rings is 2. The summed E-state index contributed by atoms with van der Waals surface area (Å²) in [6.07, 6.45) is 5.58. The second-order valence-corrected chi connectivity index (χ2v) is 11.5. The fraction of sp³-hybridized carbons (Fsp3) is 0.360. The van der Waals surface area contributed by atoms with Gasteiger partial charge in [-0.1, -0.05) is 30.3 Å². The van der Waals surface area contributed by atoms with Crippen molar-refractivity contribution in [2.75, 3.05) is 26.3 Å². The number of carbonyl (C=O) groups is 1. The van der Waals surface area contributed by atoms with Crippen molar-refractivity contribution < 1.29 is 22.7 Å². The minimum absolute atomic E-state index is 0.199. The van der Waals surface area contributed by atoms with E-state index in [1.807, 2.05) is 16.7 Å². The number of nitrogens with zero attached hydrogens (tertiary/aromatic N) is 3. The summed E-state index contributed by atoms with van der Waals surface area (Å²) in [5.74, 6) is 0.902. The van der Waals surface area contributed by atoms with Crippen LogP contribution in [-0.2, 0) is 16.6 Å². The van der Waals surface area contributed by atoms with Gasteiger partial charge in [-0.15, -0.1) is 6.58 Å². The van der Waals surface area contributed by atoms with Crippen molar-refractivity contribution in [2.45, 2.75) is 37.1 Å². The molecule has 1 saturated heterocycles. The smallest absolute Gasteiger partial charge is 0.279 e. The largest absolute Gasteiger partial charge is 0.486 e. The Morgan fingerprint density at radius 1 is 1.03 bits per heavy atom. The number of hydrogen-bond donors (Lipinski definition) is 0. The fourth-order valence-electron chi connectivity index (χ4n) is 4.35. The lowest BCUT2D eigenvalue weighted by molar-refractivity contribution is 0.0997. The molecule has 35 heavy (non-hydrogen) atoms. The van der Waals surface area contributed by atoms with Gasteiger partial charge in [0.2, 0.25) is 10.0 Å². The van der Waals surface area contributed by atoms with Crippen LogP contribution in [0.3, 0.4) is 0 Å². The number of thiazole rings is 1. The van der Waals surface area contributed by atoms with Crippen LogP contribution in [0.25, 0.3) is 10.2 Å². The van der Waals surface area contributed by atoms with Crippen molar-refractivity contribution in [3.63, 3.8) is 0 Å². The number of fused-ring (bicyclic) bond motifs is 2. The monoisotopic (exact) mass is 513 g/mol. The highest BCUT2D eigenvalue weighted by atomic mass is 32.2. The van der Waals surface area contributed by atoms with Crippen LogP contribution in [0.15, 0.2) is 58.9 Å². The van der Waals surface area contributed by atoms with Gasteiger partial charge in [-0.05, 0) is 37.1 Å². The van der Waals surface area contributed by atoms with Crippen LogP contribution in [-0.4, -0.2) is 49.5 Å². The Morgan fingerprint density at radius 2 is 1.69 bits per heavy atom. The molecule has 1 amide bonds. The van der Waals surface area contributed by atoms with E-state index >= 15 is 0 Å². The lowest BCUT2D eigenvalue weighted by Crippen LogP contribution is -2.31. The Balaban J connectivity index is 1.46. The number of amides is 1. The SMILES string of the molecule is C=CCn1c(=NC(=O)c2ccc(S(=O)(=O)N3CCCCCC3)cc2)sc2cc3c(cc21)OCCO3. The highest BCUT2D eigenvalue weighted by Gasteiger charge is 2.25. The second-order valence-electron chi connectivity index (χ2n) is 8.51. The van der Waals surface area contributed by atoms with Crippen LogP contribution in [0.5, 0.6) is 11.5 Å². The average molecular weight is 514 g/mol. The third kappa shape index (κ3) is 4.78. The van der Waals surface area contributed by atoms with Crippen LogP contribution >= 0.6 is 11.3 Å². The molecule has 0 saturated carbocycles. The Labute approximate surface area is 208 Å². The van der Waals surface area contributed by atoms with E-state index in [1.54, 1.807) is 10.4 Å². The zero-order valence-corrected chi connectivity index (χ0v) is 20.9. The molecule has 2 aliphatic rings. The molecular weight excluding hydrogens is 486 g/mol. The minimum atomic E-state index is -3.57. The van der Waals surface area contributed by atoms with Gasteiger partial charge in [0.1, 0.15) is 13.2 Å². The van der Waals surface area contributed by atoms with Gasteiger partial charge in [0.15, 0.2) is 16.3 Å². The molecule has 0 aliphatic carbocycles. The van der Waals surface area contributed by atoms with Crippen molar-refractivity contribution in [3.8, 4) is 11.5 Å². The molecule has 3 aromatic rings. The Hall–Kier alpha value is -2.95. The van der Waals surface area contributed by atoms with Crippen LogP contribution < -0.4 is 14.3 Å². The van der Waals surface area contributed by atoms with E-state index in [-0.39, 0.29) is 4.90 Å². The van der Waals surface area contributed by atoms with Gasteiger partial charge >= 0.3 is 0 Å². The fourth-order valence-corrected chi connectivity index (χ4v) is 6.91. The van der Waals surface area contributed by atoms with E-state index in [0.29, 0.717) is 54.7 Å². The standard InChI is InChI=1S/C25H27N3O5S2/c1-2-11-28-20-16-21-22(33-15-14-32-21)17-23(20)34-25(28)26-24(29)18-7-9-19(10-8-18)35(30,31)27-12-5-3-4-6-13-27/h2,7-10,16-17H,1,3-6,11-15H2. The second kappa shape index (κ2) is 9.96. The molecule has 0 radical (unpaired) electrons. The molecule has 184 valence electrons. The predicted octanol–water partition coefficient (Wildman–Crippen LogP) is 3.97. The lowest BCUT2D eigenvalue weighted by Gasteiger charge is -2.19. The highest BCUT2D eigenvalue weighted by Crippen LogP contribution is 2.35. The number of ether oxygens (including phenoxy) is 2. The molecule has 8 nitrogen and oxygen atoms in total. The highest BCUT2D eigenvalue weighted by molar-refractivity contribution is 7.89. The summed E-state index contributed by atoms with van der Waals surface area (Å²) in [5.41, 5.74) is 1.21. The lowest BCUT2D eigenvalue weighted by atomic mass is 10.2. The Kier molecular flexibility index (Phi) is 6.77. The Bertz CT molecular complexity index is 1430. The third-order valence-corrected chi connectivity index (χ3v) is 9.11. The van der Waals surface area contributed by atoms with E-state index in [2.05, 4.69) is 11.6 Å². The summed E-state index contributed by atoms with van der Waals surface area (Å²) >= 11 is 1.38. The molecule has 0 spiro atoms. The number of rotatable bonds is 5. The van der Waals surface area contributed by atoms with E-state index < -0.39 is 15.9 Å². The number of carbonyl (C=O) groups excluding carboxylic acids is 1. The predicted molar refractivity (Wildman–Crippen MR) is 135 cm³/mol. The van der Waals surface area contributed by atoms with Gasteiger partial charge in [-0.25, -0.2) is 8.42 Å². The molecular formula is C25H27N3O5S2. The molecule has 0 bridgehead atoms. The Morgan fingerprint density at radius 3 is 2.34 bits per heavy atom. The van der Waals surface area contributed by atoms with E-state index in [4.69, 9.17) is 9.47 Å². The molecule has 0 N–H and O–H groups in total. The first-order valence-corrected chi connectivity index (χ1v) is 14.0. The van der Waals surface area contributed by atoms with Gasteiger partial charge in [0, 0.05) is 37.3 Å². The van der Waals surface area contributed by atoms with Crippen molar-refractivity contribution in [1.29, 1.82) is 0 Å². The summed E-state index contributed by atoms with van der Waals surface area (Å²) in [6, 6.07) is 9.85. The van der Waals surface area contributed by atoms with Crippen molar-refractivity contribution in [3.05, 3.63) is 59.4 Å². The quantitative estimate of drug-likeness (QED) is 0.482. The maximum absolute atomic E-state index is 13.0. The average Bonchev–Trinajstić information content (AvgIpc) is 3.03. The van der Waals surface area contributed by atoms with Crippen LogP contribution in [0.2, 0.25) is 0 Å². The number of sulfonamides is 1. The topological polar surface area (TPSA) is 90.2 Å². The molecule has 3 heterocycles. The third-order valence-electron chi connectivity index (χ3n) is 6.16. The minimum Gasteiger partial charge on any atom is -0.486 e. The summed E-state index contributed by atoms with van der Waals surface area (Å²) < 4.78 is 41.8. The van der Waals surface area contributed by atoms with Gasteiger partial charge in [-0.3, -0.25) is 4.79 Å². The summed E-state index contributed by atoms with van der Waals surface area (Å²) in [7, 11) is -3.57. The summed E-state index contributed by atoms with van der Waals surface area (Å²) in [6.45, 7) is 6.35. The summed E-state index contributed by atoms with van der Waals surface area (Å²) in [4.78, 5) is 18.1. The first-order chi connectivity index (χ1) is 17.0. The maximum Gasteiger partial charge on any atom is 0.279 e. The normalized spacial score (nSPS) is 17.3. The van der Waals surface area contributed by atoms with Gasteiger partial charge in [-0.2, -0.15) is 9.30 Å². The van der Waals surface area contributed by atoms with Gasteiger partial charge in [0.25, 0.3) is 5.91 Å². The number of hydrogen-bond acceptors (Lipinski definition) is 6. The first kappa shape index (κ1) is 23.8. The molecule has 0 unspecified atom stereocenters. The molecule has 2 aliphatic heterocycles. The number of allylic oxidation sites excluding steroid dienone is 1. The summed E-state index contributed by atoms with van der Waals surface area (Å²) in [5, 5.41) is 0. The van der Waals surface area contributed by atoms with E-state index in [0.717, 1.165) is 35.9 Å². The van der Waals surface area contributed by atoms with Gasteiger partial charge in [0.05, 0.1) is 15.1 Å². The van der Waals surface area contributed by atoms with Gasteiger partial charge < -0.3 is 14.0 Å². The first-order valence-electron chi connectivity index (χ1n) is 11.7. The molecule has 2 aromatic carbocycles. The molecule has 1 fully saturated rings. The van der Waals surface area contributed by atoms with Crippen LogP contribution in [0.4, 0.5) is 0 Å². The molecule has 1 aromatic heterocycles. The van der Waals surface area contributed by atoms with E-state index in [9.17, 15) is 13.2 Å². The number of aromatic nitrogens is 1. The van der Waals surface area contributed by atoms with Crippen LogP contribution in [0.1, 0.15) is 36.0 Å². The zero-order chi connectivity index (χ0) is 24.4. The molecule has 10 heteroatoms. The molecule has 0 atom stereocenters. The zero-order valence-electron chi connectivity index (χ0n) is 19.3. The van der Waals surface area contributed by atoms with Crippen molar-refractivity contribution in [1.82, 2.24) is 8.87 Å². The maximum atomic E-state index is 13.0. The van der Waals surface area contributed by atoms with Crippen molar-refractivity contribution >= 4 is 37.5 Å². The van der Waals surface area contributed by atoms with E-state index in [1.165, 1.54) is 35.6 Å². The van der Waals surface area contributed by atoms with Crippen LogP contribution in [0, 0.1) is 0 Å².